The van der Waals surface area contributed by atoms with E-state index < -0.39 is 0 Å². The molecule has 0 atom stereocenters. The molecule has 0 radical (unpaired) electrons. The highest BCUT2D eigenvalue weighted by Gasteiger charge is 2.23. The second kappa shape index (κ2) is 8.06. The minimum atomic E-state index is -0.264. The van der Waals surface area contributed by atoms with Crippen LogP contribution in [0.2, 0.25) is 5.02 Å². The fourth-order valence-corrected chi connectivity index (χ4v) is 2.89. The van der Waals surface area contributed by atoms with E-state index in [1.54, 1.807) is 7.11 Å². The highest BCUT2D eigenvalue weighted by molar-refractivity contribution is 6.31. The molecule has 2 rings (SSSR count). The van der Waals surface area contributed by atoms with Crippen LogP contribution in [0.15, 0.2) is 48.5 Å². The molecule has 2 N–H and O–H groups in total. The second-order valence-electron chi connectivity index (χ2n) is 6.21. The monoisotopic (exact) mass is 346 g/mol. The van der Waals surface area contributed by atoms with Crippen molar-refractivity contribution < 1.29 is 9.53 Å². The number of nitrogens with one attached hydrogen (secondary N) is 2. The molecule has 0 saturated carbocycles. The Kier molecular flexibility index (Phi) is 6.10. The molecule has 24 heavy (non-hydrogen) atoms. The number of carbonyl (C=O) groups is 1. The molecule has 128 valence electrons. The van der Waals surface area contributed by atoms with Crippen LogP contribution in [-0.2, 0) is 12.0 Å². The van der Waals surface area contributed by atoms with Gasteiger partial charge in [-0.2, -0.15) is 0 Å². The number of carbonyl (C=O) groups excluding carboxylic acids is 1. The summed E-state index contributed by atoms with van der Waals surface area (Å²) in [7, 11) is 1.62. The van der Waals surface area contributed by atoms with E-state index in [2.05, 4.69) is 24.5 Å². The number of ether oxygens (including phenoxy) is 1. The van der Waals surface area contributed by atoms with Crippen LogP contribution >= 0.6 is 11.6 Å². The third kappa shape index (κ3) is 4.65. The summed E-state index contributed by atoms with van der Waals surface area (Å²) in [6.45, 7) is 4.99. The van der Waals surface area contributed by atoms with E-state index in [9.17, 15) is 4.79 Å². The molecule has 0 aliphatic carbocycles. The van der Waals surface area contributed by atoms with Crippen molar-refractivity contribution in [3.8, 4) is 5.75 Å². The van der Waals surface area contributed by atoms with E-state index in [1.807, 2.05) is 48.5 Å². The zero-order chi connectivity index (χ0) is 17.6. The molecule has 2 aromatic carbocycles. The van der Waals surface area contributed by atoms with Gasteiger partial charge < -0.3 is 15.4 Å². The highest BCUT2D eigenvalue weighted by Crippen LogP contribution is 2.28. The smallest absolute Gasteiger partial charge is 0.315 e. The zero-order valence-corrected chi connectivity index (χ0v) is 15.0. The maximum Gasteiger partial charge on any atom is 0.315 e. The van der Waals surface area contributed by atoms with Gasteiger partial charge in [0.05, 0.1) is 7.11 Å². The molecule has 0 unspecified atom stereocenters. The van der Waals surface area contributed by atoms with Crippen LogP contribution in [0.3, 0.4) is 0 Å². The van der Waals surface area contributed by atoms with Gasteiger partial charge in [-0.15, -0.1) is 0 Å². The molecule has 4 nitrogen and oxygen atoms in total. The summed E-state index contributed by atoms with van der Waals surface area (Å²) in [5, 5.41) is 6.46. The molecule has 0 aromatic heterocycles. The number of hydrogen-bond acceptors (Lipinski definition) is 2. The van der Waals surface area contributed by atoms with Crippen molar-refractivity contribution in [1.29, 1.82) is 0 Å². The summed E-state index contributed by atoms with van der Waals surface area (Å²) < 4.78 is 5.28. The van der Waals surface area contributed by atoms with Crippen LogP contribution in [0.4, 0.5) is 4.79 Å². The van der Waals surface area contributed by atoms with Gasteiger partial charge in [0.1, 0.15) is 5.75 Å². The summed E-state index contributed by atoms with van der Waals surface area (Å²) in [5.41, 5.74) is 1.68. The van der Waals surface area contributed by atoms with Crippen molar-refractivity contribution in [3.63, 3.8) is 0 Å². The molecule has 2 amide bonds. The van der Waals surface area contributed by atoms with Gasteiger partial charge in [0.25, 0.3) is 0 Å². The number of para-hydroxylation sites is 1. The first-order chi connectivity index (χ1) is 11.4. The highest BCUT2D eigenvalue weighted by atomic mass is 35.5. The Morgan fingerprint density at radius 3 is 2.46 bits per heavy atom. The van der Waals surface area contributed by atoms with Gasteiger partial charge in [0.15, 0.2) is 0 Å². The predicted molar refractivity (Wildman–Crippen MR) is 97.7 cm³/mol. The summed E-state index contributed by atoms with van der Waals surface area (Å²) in [5.74, 6) is 0.759. The molecule has 0 aliphatic rings. The van der Waals surface area contributed by atoms with Crippen LogP contribution in [0.1, 0.15) is 25.0 Å². The van der Waals surface area contributed by atoms with E-state index in [4.69, 9.17) is 16.3 Å². The van der Waals surface area contributed by atoms with Crippen molar-refractivity contribution in [2.45, 2.75) is 25.8 Å². The predicted octanol–water partition coefficient (Wildman–Crippen LogP) is 4.13. The summed E-state index contributed by atoms with van der Waals surface area (Å²) in [6, 6.07) is 15.1. The van der Waals surface area contributed by atoms with E-state index in [0.29, 0.717) is 18.1 Å². The minimum absolute atomic E-state index is 0.221. The molecule has 0 fully saturated rings. The molecular formula is C19H23ClN2O2. The van der Waals surface area contributed by atoms with Gasteiger partial charge in [0.2, 0.25) is 0 Å². The van der Waals surface area contributed by atoms with Gasteiger partial charge >= 0.3 is 6.03 Å². The first-order valence-electron chi connectivity index (χ1n) is 7.82. The third-order valence-corrected chi connectivity index (χ3v) is 4.26. The minimum Gasteiger partial charge on any atom is -0.496 e. The van der Waals surface area contributed by atoms with Gasteiger partial charge in [-0.3, -0.25) is 0 Å². The SMILES string of the molecule is COc1ccccc1CNC(=O)NCC(C)(C)c1ccccc1Cl. The number of urea groups is 1. The molecule has 0 spiro atoms. The van der Waals surface area contributed by atoms with E-state index in [1.165, 1.54) is 0 Å². The normalized spacial score (nSPS) is 11.0. The molecule has 0 heterocycles. The maximum atomic E-state index is 12.1. The van der Waals surface area contributed by atoms with Gasteiger partial charge in [-0.25, -0.2) is 4.79 Å². The van der Waals surface area contributed by atoms with Gasteiger partial charge in [0, 0.05) is 29.1 Å². The van der Waals surface area contributed by atoms with Crippen LogP contribution < -0.4 is 15.4 Å². The first-order valence-corrected chi connectivity index (χ1v) is 8.20. The van der Waals surface area contributed by atoms with Crippen molar-refractivity contribution in [3.05, 3.63) is 64.7 Å². The standard InChI is InChI=1S/C19H23ClN2O2/c1-19(2,15-9-5-6-10-16(15)20)13-22-18(23)21-12-14-8-4-7-11-17(14)24-3/h4-11H,12-13H2,1-3H3,(H2,21,22,23). The second-order valence-corrected chi connectivity index (χ2v) is 6.62. The third-order valence-electron chi connectivity index (χ3n) is 3.93. The van der Waals surface area contributed by atoms with Crippen LogP contribution in [-0.4, -0.2) is 19.7 Å². The molecule has 2 aromatic rings. The number of rotatable bonds is 6. The lowest BCUT2D eigenvalue weighted by molar-refractivity contribution is 0.238. The lowest BCUT2D eigenvalue weighted by Gasteiger charge is -2.26. The van der Waals surface area contributed by atoms with Gasteiger partial charge in [-0.1, -0.05) is 61.8 Å². The van der Waals surface area contributed by atoms with E-state index in [-0.39, 0.29) is 11.4 Å². The van der Waals surface area contributed by atoms with Crippen LogP contribution in [0.25, 0.3) is 0 Å². The summed E-state index contributed by atoms with van der Waals surface area (Å²) in [6.07, 6.45) is 0. The average molecular weight is 347 g/mol. The molecular weight excluding hydrogens is 324 g/mol. The maximum absolute atomic E-state index is 12.1. The molecule has 0 saturated heterocycles. The Morgan fingerprint density at radius 1 is 1.08 bits per heavy atom. The Labute approximate surface area is 148 Å². The quantitative estimate of drug-likeness (QED) is 0.826. The number of benzene rings is 2. The number of hydrogen-bond donors (Lipinski definition) is 2. The lowest BCUT2D eigenvalue weighted by Crippen LogP contribution is -2.42. The van der Waals surface area contributed by atoms with Crippen molar-refractivity contribution in [2.24, 2.45) is 0 Å². The number of halogens is 1. The van der Waals surface area contributed by atoms with Gasteiger partial charge in [-0.05, 0) is 17.7 Å². The van der Waals surface area contributed by atoms with Crippen molar-refractivity contribution in [1.82, 2.24) is 10.6 Å². The zero-order valence-electron chi connectivity index (χ0n) is 14.2. The summed E-state index contributed by atoms with van der Waals surface area (Å²) in [4.78, 5) is 12.1. The molecule has 0 aliphatic heterocycles. The van der Waals surface area contributed by atoms with Crippen LogP contribution in [0, 0.1) is 0 Å². The molecule has 5 heteroatoms. The van der Waals surface area contributed by atoms with Crippen molar-refractivity contribution in [2.75, 3.05) is 13.7 Å². The first kappa shape index (κ1) is 18.1. The number of methoxy groups -OCH3 is 1. The number of amides is 2. The molecule has 0 bridgehead atoms. The average Bonchev–Trinajstić information content (AvgIpc) is 2.58. The topological polar surface area (TPSA) is 50.4 Å². The summed E-state index contributed by atoms with van der Waals surface area (Å²) >= 11 is 6.26. The Bertz CT molecular complexity index is 701. The van der Waals surface area contributed by atoms with E-state index >= 15 is 0 Å². The fraction of sp³-hybridized carbons (Fsp3) is 0.316. The Morgan fingerprint density at radius 2 is 1.75 bits per heavy atom. The largest absolute Gasteiger partial charge is 0.496 e. The lowest BCUT2D eigenvalue weighted by atomic mass is 9.84. The fourth-order valence-electron chi connectivity index (χ4n) is 2.49. The Balaban J connectivity index is 1.90. The Hall–Kier alpha value is -2.20. The van der Waals surface area contributed by atoms with Crippen LogP contribution in [0.5, 0.6) is 5.75 Å². The van der Waals surface area contributed by atoms with E-state index in [0.717, 1.165) is 16.9 Å². The van der Waals surface area contributed by atoms with Crippen molar-refractivity contribution >= 4 is 17.6 Å².